The molecule has 57 heavy (non-hydrogen) atoms. The van der Waals surface area contributed by atoms with Crippen LogP contribution in [0.3, 0.4) is 0 Å². The summed E-state index contributed by atoms with van der Waals surface area (Å²) in [6.07, 6.45) is 41.2. The van der Waals surface area contributed by atoms with Crippen molar-refractivity contribution in [2.24, 2.45) is 17.8 Å². The van der Waals surface area contributed by atoms with Gasteiger partial charge in [0, 0.05) is 19.7 Å². The first kappa shape index (κ1) is 56.5. The average molecular weight is 824 g/mol. The Balaban J connectivity index is 4.65. The van der Waals surface area contributed by atoms with E-state index in [1.54, 1.807) is 0 Å². The zero-order chi connectivity index (χ0) is 42.2. The highest BCUT2D eigenvalue weighted by molar-refractivity contribution is 6.64. The predicted octanol–water partition coefficient (Wildman–Crippen LogP) is 14.3. The fourth-order valence-electron chi connectivity index (χ4n) is 7.74. The van der Waals surface area contributed by atoms with E-state index < -0.39 is 8.56 Å². The zero-order valence-electron chi connectivity index (χ0n) is 39.6. The SMILES string of the molecule is CCCCCCCC/C=C\CCCCCCCC(OC/C=C(\C)CCCC(C)CCCC(C)CCCC(C)C)O[Si](C)(C)OCCCCCCN(CCO)CCO. The van der Waals surface area contributed by atoms with Gasteiger partial charge < -0.3 is 23.8 Å². The maximum Gasteiger partial charge on any atom is 0.333 e. The lowest BCUT2D eigenvalue weighted by Gasteiger charge is -2.29. The van der Waals surface area contributed by atoms with E-state index in [-0.39, 0.29) is 19.5 Å². The predicted molar refractivity (Wildman–Crippen MR) is 251 cm³/mol. The molecular weight excluding hydrogens is 723 g/mol. The molecule has 0 fully saturated rings. The van der Waals surface area contributed by atoms with E-state index in [4.69, 9.17) is 13.6 Å². The van der Waals surface area contributed by atoms with Crippen LogP contribution in [0.1, 0.15) is 215 Å². The lowest BCUT2D eigenvalue weighted by atomic mass is 9.91. The van der Waals surface area contributed by atoms with Crippen molar-refractivity contribution >= 4 is 8.56 Å². The molecule has 0 heterocycles. The maximum atomic E-state index is 9.24. The molecular formula is C50H101NO5Si. The Morgan fingerprint density at radius 3 is 1.72 bits per heavy atom. The Hall–Kier alpha value is -0.543. The van der Waals surface area contributed by atoms with E-state index in [0.717, 1.165) is 75.9 Å². The molecule has 3 unspecified atom stereocenters. The molecule has 0 saturated carbocycles. The van der Waals surface area contributed by atoms with Crippen LogP contribution in [0.15, 0.2) is 23.8 Å². The van der Waals surface area contributed by atoms with Gasteiger partial charge in [0.1, 0.15) is 6.29 Å². The molecule has 0 rings (SSSR count). The first-order chi connectivity index (χ1) is 27.5. The first-order valence-corrected chi connectivity index (χ1v) is 27.5. The first-order valence-electron chi connectivity index (χ1n) is 24.7. The maximum absolute atomic E-state index is 9.24. The highest BCUT2D eigenvalue weighted by Crippen LogP contribution is 2.23. The molecule has 2 N–H and O–H groups in total. The number of hydrogen-bond donors (Lipinski definition) is 2. The van der Waals surface area contributed by atoms with E-state index in [9.17, 15) is 10.2 Å². The van der Waals surface area contributed by atoms with E-state index in [1.165, 1.54) is 134 Å². The monoisotopic (exact) mass is 824 g/mol. The summed E-state index contributed by atoms with van der Waals surface area (Å²) in [6, 6.07) is 0. The minimum Gasteiger partial charge on any atom is -0.395 e. The molecule has 0 aliphatic rings. The van der Waals surface area contributed by atoms with E-state index in [2.05, 4.69) is 77.8 Å². The number of allylic oxidation sites excluding steroid dienone is 3. The highest BCUT2D eigenvalue weighted by atomic mass is 28.4. The third-order valence-electron chi connectivity index (χ3n) is 11.6. The van der Waals surface area contributed by atoms with Gasteiger partial charge in [-0.15, -0.1) is 0 Å². The molecule has 0 aromatic rings. The van der Waals surface area contributed by atoms with Crippen LogP contribution in [0, 0.1) is 17.8 Å². The van der Waals surface area contributed by atoms with Crippen LogP contribution in [0.25, 0.3) is 0 Å². The molecule has 0 aromatic heterocycles. The molecule has 0 saturated heterocycles. The average Bonchev–Trinajstić information content (AvgIpc) is 3.15. The third kappa shape index (κ3) is 40.6. The van der Waals surface area contributed by atoms with Crippen LogP contribution in [-0.4, -0.2) is 76.0 Å². The minimum absolute atomic E-state index is 0.142. The molecule has 0 spiro atoms. The van der Waals surface area contributed by atoms with Gasteiger partial charge in [-0.3, -0.25) is 4.90 Å². The summed E-state index contributed by atoms with van der Waals surface area (Å²) in [7, 11) is -2.34. The van der Waals surface area contributed by atoms with E-state index in [0.29, 0.717) is 19.7 Å². The van der Waals surface area contributed by atoms with Crippen molar-refractivity contribution in [1.29, 1.82) is 0 Å². The summed E-state index contributed by atoms with van der Waals surface area (Å²) in [5, 5.41) is 18.5. The van der Waals surface area contributed by atoms with Crippen molar-refractivity contribution in [3.63, 3.8) is 0 Å². The Kier molecular flexibility index (Phi) is 40.5. The number of rotatable bonds is 44. The van der Waals surface area contributed by atoms with Crippen molar-refractivity contribution in [2.75, 3.05) is 46.1 Å². The number of hydrogen-bond acceptors (Lipinski definition) is 6. The summed E-state index contributed by atoms with van der Waals surface area (Å²) in [5.41, 5.74) is 1.43. The summed E-state index contributed by atoms with van der Waals surface area (Å²) >= 11 is 0. The number of aliphatic hydroxyl groups is 2. The number of unbranched alkanes of at least 4 members (excludes halogenated alkanes) is 14. The second-order valence-corrected chi connectivity index (χ2v) is 21.9. The Morgan fingerprint density at radius 2 is 1.12 bits per heavy atom. The molecule has 0 amide bonds. The van der Waals surface area contributed by atoms with Crippen LogP contribution in [-0.2, 0) is 13.6 Å². The summed E-state index contributed by atoms with van der Waals surface area (Å²) < 4.78 is 19.5. The molecule has 0 bridgehead atoms. The normalized spacial score (nSPS) is 14.4. The Bertz CT molecular complexity index is 890. The van der Waals surface area contributed by atoms with Gasteiger partial charge in [0.15, 0.2) is 0 Å². The van der Waals surface area contributed by atoms with Gasteiger partial charge in [-0.1, -0.05) is 168 Å². The van der Waals surface area contributed by atoms with Gasteiger partial charge in [0.05, 0.1) is 19.8 Å². The van der Waals surface area contributed by atoms with Gasteiger partial charge in [-0.2, -0.15) is 0 Å². The molecule has 3 atom stereocenters. The van der Waals surface area contributed by atoms with E-state index in [1.807, 2.05) is 0 Å². The topological polar surface area (TPSA) is 71.4 Å². The van der Waals surface area contributed by atoms with Gasteiger partial charge in [-0.25, -0.2) is 0 Å². The lowest BCUT2D eigenvalue weighted by molar-refractivity contribution is -0.0939. The number of ether oxygens (including phenoxy) is 1. The van der Waals surface area contributed by atoms with Crippen molar-refractivity contribution in [2.45, 2.75) is 234 Å². The van der Waals surface area contributed by atoms with Crippen LogP contribution in [0.4, 0.5) is 0 Å². The fraction of sp³-hybridized carbons (Fsp3) is 0.920. The quantitative estimate of drug-likeness (QED) is 0.0276. The number of aliphatic hydroxyl groups excluding tert-OH is 2. The lowest BCUT2D eigenvalue weighted by Crippen LogP contribution is -2.40. The van der Waals surface area contributed by atoms with Crippen LogP contribution < -0.4 is 0 Å². The summed E-state index contributed by atoms with van der Waals surface area (Å²) in [6.45, 7) is 22.3. The van der Waals surface area contributed by atoms with Crippen molar-refractivity contribution in [3.05, 3.63) is 23.8 Å². The third-order valence-corrected chi connectivity index (χ3v) is 13.4. The highest BCUT2D eigenvalue weighted by Gasteiger charge is 2.29. The summed E-state index contributed by atoms with van der Waals surface area (Å²) in [5.74, 6) is 2.52. The second-order valence-electron chi connectivity index (χ2n) is 18.6. The molecule has 0 aromatic carbocycles. The van der Waals surface area contributed by atoms with Crippen LogP contribution >= 0.6 is 0 Å². The zero-order valence-corrected chi connectivity index (χ0v) is 40.6. The van der Waals surface area contributed by atoms with E-state index >= 15 is 0 Å². The van der Waals surface area contributed by atoms with Gasteiger partial charge in [-0.05, 0) is 109 Å². The minimum atomic E-state index is -2.34. The number of nitrogens with zero attached hydrogens (tertiary/aromatic N) is 1. The van der Waals surface area contributed by atoms with Gasteiger partial charge in [0.2, 0.25) is 0 Å². The Labute approximate surface area is 358 Å². The van der Waals surface area contributed by atoms with Crippen LogP contribution in [0.5, 0.6) is 0 Å². The molecule has 0 radical (unpaired) electrons. The second kappa shape index (κ2) is 40.8. The largest absolute Gasteiger partial charge is 0.395 e. The van der Waals surface area contributed by atoms with Crippen molar-refractivity contribution in [3.8, 4) is 0 Å². The molecule has 340 valence electrons. The summed E-state index contributed by atoms with van der Waals surface area (Å²) in [4.78, 5) is 2.13. The fourth-order valence-corrected chi connectivity index (χ4v) is 9.27. The molecule has 6 nitrogen and oxygen atoms in total. The van der Waals surface area contributed by atoms with Gasteiger partial charge >= 0.3 is 8.56 Å². The standard InChI is InChI=1S/C50H101NO5Si/c1-9-10-11-12-13-14-15-16-17-18-19-20-21-22-25-37-50(56-57(7,8)55-44-27-24-23-26-39-51(40-42-52)41-43-53)54-45-38-49(6)36-30-35-48(5)34-29-33-47(4)32-28-31-46(2)3/h16-17,38,46-48,50,52-53H,9-15,18-37,39-45H2,1-8H3/b17-16-,49-38+. The smallest absolute Gasteiger partial charge is 0.333 e. The molecule has 0 aliphatic heterocycles. The Morgan fingerprint density at radius 1 is 0.596 bits per heavy atom. The van der Waals surface area contributed by atoms with Crippen molar-refractivity contribution in [1.82, 2.24) is 4.90 Å². The van der Waals surface area contributed by atoms with Gasteiger partial charge in [0.25, 0.3) is 0 Å². The van der Waals surface area contributed by atoms with Crippen molar-refractivity contribution < 1.29 is 23.8 Å². The van der Waals surface area contributed by atoms with Crippen LogP contribution in [0.2, 0.25) is 13.1 Å². The molecule has 7 heteroatoms. The molecule has 0 aliphatic carbocycles.